The van der Waals surface area contributed by atoms with Gasteiger partial charge in [0.25, 0.3) is 5.91 Å². The van der Waals surface area contributed by atoms with Crippen molar-refractivity contribution in [3.05, 3.63) is 64.8 Å². The van der Waals surface area contributed by atoms with Crippen molar-refractivity contribution >= 4 is 27.3 Å². The standard InChI is InChI=1S/C19H18FNO2S/c1-13-17-15(20)9-5-10-16(17)24-18(13)19(22)21-11-6-12-23-14-7-3-2-4-8-14/h2-5,7-10H,6,11-12H2,1H3,(H,21,22). The van der Waals surface area contributed by atoms with Crippen LogP contribution in [0, 0.1) is 12.7 Å². The van der Waals surface area contributed by atoms with E-state index < -0.39 is 0 Å². The Bertz CT molecular complexity index is 845. The number of hydrogen-bond acceptors (Lipinski definition) is 3. The van der Waals surface area contributed by atoms with Crippen molar-refractivity contribution in [2.24, 2.45) is 0 Å². The van der Waals surface area contributed by atoms with Crippen LogP contribution in [0.25, 0.3) is 10.1 Å². The predicted octanol–water partition coefficient (Wildman–Crippen LogP) is 4.55. The Kier molecular flexibility index (Phi) is 5.11. The molecule has 124 valence electrons. The van der Waals surface area contributed by atoms with Gasteiger partial charge in [0.05, 0.1) is 11.5 Å². The van der Waals surface area contributed by atoms with Crippen LogP contribution in [-0.4, -0.2) is 19.1 Å². The summed E-state index contributed by atoms with van der Waals surface area (Å²) in [6, 6.07) is 14.5. The molecule has 0 aliphatic heterocycles. The molecule has 1 heterocycles. The summed E-state index contributed by atoms with van der Waals surface area (Å²) in [6.45, 7) is 2.83. The third kappa shape index (κ3) is 3.57. The van der Waals surface area contributed by atoms with Crippen LogP contribution in [0.15, 0.2) is 48.5 Å². The van der Waals surface area contributed by atoms with Gasteiger partial charge < -0.3 is 10.1 Å². The molecule has 1 amide bonds. The minimum atomic E-state index is -0.281. The van der Waals surface area contributed by atoms with Gasteiger partial charge >= 0.3 is 0 Å². The fraction of sp³-hybridized carbons (Fsp3) is 0.211. The van der Waals surface area contributed by atoms with E-state index in [4.69, 9.17) is 4.74 Å². The fourth-order valence-electron chi connectivity index (χ4n) is 2.53. The largest absolute Gasteiger partial charge is 0.494 e. The molecule has 0 bridgehead atoms. The average molecular weight is 343 g/mol. The number of amides is 1. The molecule has 1 aromatic heterocycles. The van der Waals surface area contributed by atoms with Gasteiger partial charge in [-0.2, -0.15) is 0 Å². The lowest BCUT2D eigenvalue weighted by Crippen LogP contribution is -2.25. The highest BCUT2D eigenvalue weighted by atomic mass is 32.1. The highest BCUT2D eigenvalue weighted by molar-refractivity contribution is 7.21. The van der Waals surface area contributed by atoms with Crippen molar-refractivity contribution in [1.82, 2.24) is 5.32 Å². The third-order valence-corrected chi connectivity index (χ3v) is 4.98. The summed E-state index contributed by atoms with van der Waals surface area (Å²) in [5.74, 6) is 0.379. The number of nitrogens with one attached hydrogen (secondary N) is 1. The molecule has 0 saturated heterocycles. The van der Waals surface area contributed by atoms with Crippen LogP contribution in [-0.2, 0) is 0 Å². The smallest absolute Gasteiger partial charge is 0.261 e. The van der Waals surface area contributed by atoms with Crippen molar-refractivity contribution in [2.45, 2.75) is 13.3 Å². The van der Waals surface area contributed by atoms with Crippen molar-refractivity contribution in [3.63, 3.8) is 0 Å². The second kappa shape index (κ2) is 7.45. The summed E-state index contributed by atoms with van der Waals surface area (Å²) < 4.78 is 20.3. The Hall–Kier alpha value is -2.40. The number of hydrogen-bond donors (Lipinski definition) is 1. The molecular weight excluding hydrogens is 325 g/mol. The van der Waals surface area contributed by atoms with Crippen LogP contribution in [0.4, 0.5) is 4.39 Å². The second-order valence-corrected chi connectivity index (χ2v) is 6.49. The molecule has 0 radical (unpaired) electrons. The van der Waals surface area contributed by atoms with Gasteiger partial charge in [-0.3, -0.25) is 4.79 Å². The molecule has 0 unspecified atom stereocenters. The molecule has 0 saturated carbocycles. The molecule has 2 aromatic carbocycles. The number of ether oxygens (including phenoxy) is 1. The maximum atomic E-state index is 13.9. The number of rotatable bonds is 6. The van der Waals surface area contributed by atoms with Gasteiger partial charge in [-0.25, -0.2) is 4.39 Å². The number of para-hydroxylation sites is 1. The van der Waals surface area contributed by atoms with Gasteiger partial charge in [-0.05, 0) is 43.2 Å². The van der Waals surface area contributed by atoms with Gasteiger partial charge in [-0.1, -0.05) is 24.3 Å². The van der Waals surface area contributed by atoms with E-state index >= 15 is 0 Å². The zero-order valence-corrected chi connectivity index (χ0v) is 14.2. The van der Waals surface area contributed by atoms with E-state index in [0.717, 1.165) is 10.4 Å². The van der Waals surface area contributed by atoms with E-state index in [-0.39, 0.29) is 11.7 Å². The van der Waals surface area contributed by atoms with Gasteiger partial charge in [0.2, 0.25) is 0 Å². The lowest BCUT2D eigenvalue weighted by molar-refractivity contribution is 0.0955. The Morgan fingerprint density at radius 3 is 2.71 bits per heavy atom. The molecule has 24 heavy (non-hydrogen) atoms. The topological polar surface area (TPSA) is 38.3 Å². The lowest BCUT2D eigenvalue weighted by atomic mass is 10.1. The van der Waals surface area contributed by atoms with Crippen molar-refractivity contribution in [1.29, 1.82) is 0 Å². The Labute approximate surface area is 144 Å². The quantitative estimate of drug-likeness (QED) is 0.667. The average Bonchev–Trinajstić information content (AvgIpc) is 2.93. The van der Waals surface area contributed by atoms with E-state index in [9.17, 15) is 9.18 Å². The Morgan fingerprint density at radius 2 is 1.96 bits per heavy atom. The molecule has 1 N–H and O–H groups in total. The predicted molar refractivity (Wildman–Crippen MR) is 95.4 cm³/mol. The van der Waals surface area contributed by atoms with E-state index in [0.29, 0.717) is 35.4 Å². The first-order valence-electron chi connectivity index (χ1n) is 7.80. The summed E-state index contributed by atoms with van der Waals surface area (Å²) in [5.41, 5.74) is 0.700. The van der Waals surface area contributed by atoms with Crippen molar-refractivity contribution in [3.8, 4) is 5.75 Å². The Balaban J connectivity index is 1.54. The normalized spacial score (nSPS) is 10.8. The Morgan fingerprint density at radius 1 is 1.17 bits per heavy atom. The first-order chi connectivity index (χ1) is 11.7. The number of carbonyl (C=O) groups is 1. The molecule has 0 atom stereocenters. The van der Waals surface area contributed by atoms with E-state index in [1.165, 1.54) is 17.4 Å². The molecule has 5 heteroatoms. The minimum Gasteiger partial charge on any atom is -0.494 e. The monoisotopic (exact) mass is 343 g/mol. The second-order valence-electron chi connectivity index (χ2n) is 5.44. The fourth-order valence-corrected chi connectivity index (χ4v) is 3.67. The van der Waals surface area contributed by atoms with Crippen LogP contribution >= 0.6 is 11.3 Å². The summed E-state index contributed by atoms with van der Waals surface area (Å²) in [6.07, 6.45) is 0.707. The number of thiophene rings is 1. The van der Waals surface area contributed by atoms with Crippen LogP contribution in [0.1, 0.15) is 21.7 Å². The van der Waals surface area contributed by atoms with E-state index in [1.807, 2.05) is 36.4 Å². The number of fused-ring (bicyclic) bond motifs is 1. The van der Waals surface area contributed by atoms with Crippen LogP contribution < -0.4 is 10.1 Å². The highest BCUT2D eigenvalue weighted by Gasteiger charge is 2.17. The summed E-state index contributed by atoms with van der Waals surface area (Å²) >= 11 is 1.32. The van der Waals surface area contributed by atoms with Crippen LogP contribution in [0.2, 0.25) is 0 Å². The molecule has 3 rings (SSSR count). The number of benzene rings is 2. The molecule has 0 spiro atoms. The minimum absolute atomic E-state index is 0.159. The lowest BCUT2D eigenvalue weighted by Gasteiger charge is -2.07. The molecule has 0 aliphatic rings. The van der Waals surface area contributed by atoms with E-state index in [2.05, 4.69) is 5.32 Å². The number of halogens is 1. The number of carbonyl (C=O) groups excluding carboxylic acids is 1. The van der Waals surface area contributed by atoms with Gasteiger partial charge in [0, 0.05) is 16.6 Å². The summed E-state index contributed by atoms with van der Waals surface area (Å²) in [5, 5.41) is 3.42. The van der Waals surface area contributed by atoms with Crippen LogP contribution in [0.3, 0.4) is 0 Å². The molecule has 0 aliphatic carbocycles. The zero-order chi connectivity index (χ0) is 16.9. The summed E-state index contributed by atoms with van der Waals surface area (Å²) in [4.78, 5) is 12.9. The molecule has 3 aromatic rings. The van der Waals surface area contributed by atoms with E-state index in [1.54, 1.807) is 13.0 Å². The maximum Gasteiger partial charge on any atom is 0.261 e. The molecular formula is C19H18FNO2S. The van der Waals surface area contributed by atoms with Crippen molar-refractivity contribution in [2.75, 3.05) is 13.2 Å². The molecule has 3 nitrogen and oxygen atoms in total. The van der Waals surface area contributed by atoms with Gasteiger partial charge in [0.1, 0.15) is 11.6 Å². The highest BCUT2D eigenvalue weighted by Crippen LogP contribution is 2.32. The third-order valence-electron chi connectivity index (χ3n) is 3.73. The van der Waals surface area contributed by atoms with Crippen LogP contribution in [0.5, 0.6) is 5.75 Å². The first-order valence-corrected chi connectivity index (χ1v) is 8.62. The van der Waals surface area contributed by atoms with Gasteiger partial charge in [-0.15, -0.1) is 11.3 Å². The summed E-state index contributed by atoms with van der Waals surface area (Å²) in [7, 11) is 0. The zero-order valence-electron chi connectivity index (χ0n) is 13.3. The number of aryl methyl sites for hydroxylation is 1. The van der Waals surface area contributed by atoms with Gasteiger partial charge in [0.15, 0.2) is 0 Å². The van der Waals surface area contributed by atoms with Crippen molar-refractivity contribution < 1.29 is 13.9 Å². The SMILES string of the molecule is Cc1c(C(=O)NCCCOc2ccccc2)sc2cccc(F)c12. The first kappa shape index (κ1) is 16.5. The maximum absolute atomic E-state index is 13.9. The molecule has 0 fully saturated rings.